The molecule has 11 heteroatoms. The Morgan fingerprint density at radius 1 is 0.969 bits per heavy atom. The minimum absolute atomic E-state index is 0.0664. The molecule has 32 heavy (non-hydrogen) atoms. The summed E-state index contributed by atoms with van der Waals surface area (Å²) in [6.07, 6.45) is -4.78. The Bertz CT molecular complexity index is 1060. The van der Waals surface area contributed by atoms with E-state index in [4.69, 9.17) is 4.74 Å². The molecule has 0 saturated carbocycles. The van der Waals surface area contributed by atoms with Crippen LogP contribution < -0.4 is 25.4 Å². The van der Waals surface area contributed by atoms with Crippen LogP contribution in [0.2, 0.25) is 0 Å². The number of methoxy groups -OCH3 is 1. The first-order chi connectivity index (χ1) is 15.2. The van der Waals surface area contributed by atoms with E-state index < -0.39 is 18.1 Å². The zero-order chi connectivity index (χ0) is 23.1. The Balaban J connectivity index is 1.58. The number of urea groups is 1. The van der Waals surface area contributed by atoms with Crippen molar-refractivity contribution < 1.29 is 27.4 Å². The first-order valence-electron chi connectivity index (χ1n) is 9.36. The number of carbonyl (C=O) groups is 1. The van der Waals surface area contributed by atoms with Crippen LogP contribution in [0.3, 0.4) is 0 Å². The van der Waals surface area contributed by atoms with Crippen molar-refractivity contribution in [2.75, 3.05) is 23.1 Å². The van der Waals surface area contributed by atoms with Gasteiger partial charge in [0.1, 0.15) is 17.3 Å². The van der Waals surface area contributed by atoms with E-state index in [2.05, 4.69) is 30.7 Å². The van der Waals surface area contributed by atoms with Gasteiger partial charge in [-0.1, -0.05) is 12.1 Å². The molecule has 0 spiro atoms. The topological polar surface area (TPSA) is 97.4 Å². The second kappa shape index (κ2) is 9.86. The largest absolute Gasteiger partial charge is 0.573 e. The SMILES string of the molecule is COc1ccc(CNc2cc(C)nc(NC(=O)Nc3ccc(OC(F)(F)F)cc3)n2)cc1. The third-order valence-corrected chi connectivity index (χ3v) is 4.06. The van der Waals surface area contributed by atoms with Gasteiger partial charge >= 0.3 is 12.4 Å². The molecule has 3 rings (SSSR count). The summed E-state index contributed by atoms with van der Waals surface area (Å²) in [5.41, 5.74) is 1.90. The molecule has 0 atom stereocenters. The molecule has 2 aromatic carbocycles. The van der Waals surface area contributed by atoms with E-state index in [-0.39, 0.29) is 11.6 Å². The summed E-state index contributed by atoms with van der Waals surface area (Å²) in [6.45, 7) is 2.25. The maximum absolute atomic E-state index is 12.2. The monoisotopic (exact) mass is 447 g/mol. The normalized spacial score (nSPS) is 10.9. The number of halogens is 3. The molecule has 0 saturated heterocycles. The average molecular weight is 447 g/mol. The summed E-state index contributed by atoms with van der Waals surface area (Å²) in [5, 5.41) is 8.14. The summed E-state index contributed by atoms with van der Waals surface area (Å²) >= 11 is 0. The molecular formula is C21H20F3N5O3. The summed E-state index contributed by atoms with van der Waals surface area (Å²) in [7, 11) is 1.60. The van der Waals surface area contributed by atoms with Gasteiger partial charge in [0.25, 0.3) is 0 Å². The Hall–Kier alpha value is -4.02. The molecule has 0 aliphatic rings. The molecule has 3 N–H and O–H groups in total. The number of rotatable bonds is 7. The maximum atomic E-state index is 12.2. The number of aryl methyl sites for hydroxylation is 1. The molecule has 1 aromatic heterocycles. The molecule has 168 valence electrons. The fourth-order valence-corrected chi connectivity index (χ4v) is 2.65. The molecule has 0 aliphatic heterocycles. The number of nitrogens with one attached hydrogen (secondary N) is 3. The third kappa shape index (κ3) is 7.04. The van der Waals surface area contributed by atoms with Crippen LogP contribution in [0.15, 0.2) is 54.6 Å². The first kappa shape index (κ1) is 22.7. The standard InChI is InChI=1S/C21H20F3N5O3/c1-13-11-18(25-12-14-3-7-16(31-2)8-4-14)28-19(26-13)29-20(30)27-15-5-9-17(10-6-15)32-21(22,23)24/h3-11H,12H2,1-2H3,(H3,25,26,27,28,29,30). The number of amides is 2. The Morgan fingerprint density at radius 3 is 2.25 bits per heavy atom. The van der Waals surface area contributed by atoms with Crippen LogP contribution in [-0.2, 0) is 6.54 Å². The number of benzene rings is 2. The van der Waals surface area contributed by atoms with Gasteiger partial charge in [-0.25, -0.2) is 9.78 Å². The quantitative estimate of drug-likeness (QED) is 0.474. The van der Waals surface area contributed by atoms with E-state index in [1.54, 1.807) is 20.1 Å². The highest BCUT2D eigenvalue weighted by Crippen LogP contribution is 2.24. The smallest absolute Gasteiger partial charge is 0.497 e. The van der Waals surface area contributed by atoms with Crippen LogP contribution in [-0.4, -0.2) is 29.5 Å². The fourth-order valence-electron chi connectivity index (χ4n) is 2.65. The molecule has 1 heterocycles. The lowest BCUT2D eigenvalue weighted by Gasteiger charge is -2.11. The number of nitrogens with zero attached hydrogens (tertiary/aromatic N) is 2. The molecule has 0 bridgehead atoms. The van der Waals surface area contributed by atoms with Crippen molar-refractivity contribution in [2.24, 2.45) is 0 Å². The minimum atomic E-state index is -4.78. The molecular weight excluding hydrogens is 427 g/mol. The van der Waals surface area contributed by atoms with Gasteiger partial charge in [0, 0.05) is 24.0 Å². The first-order valence-corrected chi connectivity index (χ1v) is 9.36. The Labute approximate surface area is 181 Å². The molecule has 8 nitrogen and oxygen atoms in total. The molecule has 2 amide bonds. The minimum Gasteiger partial charge on any atom is -0.497 e. The number of carbonyl (C=O) groups excluding carboxylic acids is 1. The van der Waals surface area contributed by atoms with Gasteiger partial charge in [-0.05, 0) is 48.9 Å². The summed E-state index contributed by atoms with van der Waals surface area (Å²) < 4.78 is 45.6. The van der Waals surface area contributed by atoms with Crippen molar-refractivity contribution in [1.29, 1.82) is 0 Å². The predicted octanol–water partition coefficient (Wildman–Crippen LogP) is 4.95. The molecule has 0 radical (unpaired) electrons. The van der Waals surface area contributed by atoms with E-state index >= 15 is 0 Å². The zero-order valence-corrected chi connectivity index (χ0v) is 17.2. The number of hydrogen-bond donors (Lipinski definition) is 3. The molecule has 0 aliphatic carbocycles. The van der Waals surface area contributed by atoms with E-state index in [1.165, 1.54) is 12.1 Å². The average Bonchev–Trinajstić information content (AvgIpc) is 2.72. The number of hydrogen-bond acceptors (Lipinski definition) is 6. The van der Waals surface area contributed by atoms with Crippen molar-refractivity contribution in [1.82, 2.24) is 9.97 Å². The van der Waals surface area contributed by atoms with Crippen molar-refractivity contribution in [2.45, 2.75) is 19.8 Å². The number of ether oxygens (including phenoxy) is 2. The summed E-state index contributed by atoms with van der Waals surface area (Å²) in [6, 6.07) is 13.3. The number of aromatic nitrogens is 2. The highest BCUT2D eigenvalue weighted by Gasteiger charge is 2.30. The second-order valence-electron chi connectivity index (χ2n) is 6.57. The van der Waals surface area contributed by atoms with Gasteiger partial charge < -0.3 is 20.1 Å². The van der Waals surface area contributed by atoms with Crippen LogP contribution in [0.5, 0.6) is 11.5 Å². The highest BCUT2D eigenvalue weighted by molar-refractivity contribution is 5.98. The Kier molecular flexibility index (Phi) is 6.98. The molecule has 3 aromatic rings. The molecule has 0 fully saturated rings. The summed E-state index contributed by atoms with van der Waals surface area (Å²) in [4.78, 5) is 20.6. The fraction of sp³-hybridized carbons (Fsp3) is 0.190. The Morgan fingerprint density at radius 2 is 1.62 bits per heavy atom. The predicted molar refractivity (Wildman–Crippen MR) is 113 cm³/mol. The zero-order valence-electron chi connectivity index (χ0n) is 17.2. The lowest BCUT2D eigenvalue weighted by Crippen LogP contribution is -2.21. The van der Waals surface area contributed by atoms with E-state index in [0.717, 1.165) is 23.4 Å². The van der Waals surface area contributed by atoms with Gasteiger partial charge in [-0.15, -0.1) is 13.2 Å². The van der Waals surface area contributed by atoms with Gasteiger partial charge in [-0.3, -0.25) is 5.32 Å². The van der Waals surface area contributed by atoms with Crippen molar-refractivity contribution in [3.63, 3.8) is 0 Å². The lowest BCUT2D eigenvalue weighted by molar-refractivity contribution is -0.274. The van der Waals surface area contributed by atoms with Crippen LogP contribution >= 0.6 is 0 Å². The van der Waals surface area contributed by atoms with Crippen molar-refractivity contribution >= 4 is 23.5 Å². The van der Waals surface area contributed by atoms with Crippen LogP contribution in [0.1, 0.15) is 11.3 Å². The third-order valence-electron chi connectivity index (χ3n) is 4.06. The maximum Gasteiger partial charge on any atom is 0.573 e. The molecule has 0 unspecified atom stereocenters. The second-order valence-corrected chi connectivity index (χ2v) is 6.57. The van der Waals surface area contributed by atoms with E-state index in [1.807, 2.05) is 24.3 Å². The van der Waals surface area contributed by atoms with E-state index in [0.29, 0.717) is 18.1 Å². The van der Waals surface area contributed by atoms with Crippen molar-refractivity contribution in [3.05, 3.63) is 65.9 Å². The van der Waals surface area contributed by atoms with Crippen LogP contribution in [0.25, 0.3) is 0 Å². The van der Waals surface area contributed by atoms with Crippen molar-refractivity contribution in [3.8, 4) is 11.5 Å². The van der Waals surface area contributed by atoms with Gasteiger partial charge in [0.15, 0.2) is 0 Å². The van der Waals surface area contributed by atoms with Gasteiger partial charge in [-0.2, -0.15) is 4.98 Å². The lowest BCUT2D eigenvalue weighted by atomic mass is 10.2. The van der Waals surface area contributed by atoms with Gasteiger partial charge in [0.05, 0.1) is 7.11 Å². The van der Waals surface area contributed by atoms with Crippen LogP contribution in [0, 0.1) is 6.92 Å². The highest BCUT2D eigenvalue weighted by atomic mass is 19.4. The number of alkyl halides is 3. The summed E-state index contributed by atoms with van der Waals surface area (Å²) in [5.74, 6) is 0.943. The number of anilines is 3. The van der Waals surface area contributed by atoms with Gasteiger partial charge in [0.2, 0.25) is 5.95 Å². The van der Waals surface area contributed by atoms with Crippen LogP contribution in [0.4, 0.5) is 35.4 Å². The van der Waals surface area contributed by atoms with E-state index in [9.17, 15) is 18.0 Å².